The predicted molar refractivity (Wildman–Crippen MR) is 114 cm³/mol. The first-order chi connectivity index (χ1) is 14.2. The van der Waals surface area contributed by atoms with E-state index in [1.807, 2.05) is 0 Å². The van der Waals surface area contributed by atoms with E-state index in [1.54, 1.807) is 37.3 Å². The van der Waals surface area contributed by atoms with Crippen molar-refractivity contribution < 1.29 is 18.1 Å². The molecule has 3 rings (SSSR count). The van der Waals surface area contributed by atoms with Crippen LogP contribution < -0.4 is 10.0 Å². The Hall–Kier alpha value is -3.72. The number of sulfonamides is 1. The van der Waals surface area contributed by atoms with Gasteiger partial charge >= 0.3 is 0 Å². The number of carbonyl (C=O) groups is 1. The van der Waals surface area contributed by atoms with Gasteiger partial charge in [0.15, 0.2) is 0 Å². The minimum absolute atomic E-state index is 0.0748. The van der Waals surface area contributed by atoms with Crippen molar-refractivity contribution in [1.82, 2.24) is 0 Å². The van der Waals surface area contributed by atoms with Crippen LogP contribution in [0.1, 0.15) is 21.5 Å². The third-order valence-electron chi connectivity index (χ3n) is 4.55. The van der Waals surface area contributed by atoms with Gasteiger partial charge in [-0.2, -0.15) is 0 Å². The fourth-order valence-electron chi connectivity index (χ4n) is 2.85. The molecule has 8 nitrogen and oxygen atoms in total. The van der Waals surface area contributed by atoms with Gasteiger partial charge in [-0.05, 0) is 49.7 Å². The highest BCUT2D eigenvalue weighted by Crippen LogP contribution is 2.26. The van der Waals surface area contributed by atoms with E-state index in [1.165, 1.54) is 43.3 Å². The molecule has 0 spiro atoms. The highest BCUT2D eigenvalue weighted by atomic mass is 32.2. The number of para-hydroxylation sites is 1. The van der Waals surface area contributed by atoms with Gasteiger partial charge in [0.05, 0.1) is 26.8 Å². The molecule has 0 radical (unpaired) electrons. The molecule has 0 aliphatic heterocycles. The lowest BCUT2D eigenvalue weighted by molar-refractivity contribution is -0.385. The van der Waals surface area contributed by atoms with Crippen molar-refractivity contribution >= 4 is 33.0 Å². The van der Waals surface area contributed by atoms with Crippen LogP contribution in [0.3, 0.4) is 0 Å². The maximum atomic E-state index is 12.7. The van der Waals surface area contributed by atoms with Crippen LogP contribution in [-0.4, -0.2) is 19.2 Å². The molecule has 0 heterocycles. The van der Waals surface area contributed by atoms with Crippen LogP contribution in [-0.2, 0) is 10.0 Å². The smallest absolute Gasteiger partial charge is 0.274 e. The van der Waals surface area contributed by atoms with Gasteiger partial charge in [-0.1, -0.05) is 30.3 Å². The fraction of sp³-hybridized carbons (Fsp3) is 0.0952. The Kier molecular flexibility index (Phi) is 5.84. The molecule has 3 aromatic carbocycles. The number of benzene rings is 3. The lowest BCUT2D eigenvalue weighted by atomic mass is 10.1. The molecule has 2 N–H and O–H groups in total. The van der Waals surface area contributed by atoms with E-state index in [0.717, 1.165) is 5.56 Å². The number of hydrogen-bond donors (Lipinski definition) is 2. The molecule has 154 valence electrons. The van der Waals surface area contributed by atoms with Crippen molar-refractivity contribution in [1.29, 1.82) is 0 Å². The number of carbonyl (C=O) groups excluding carboxylic acids is 1. The summed E-state index contributed by atoms with van der Waals surface area (Å²) < 4.78 is 28.0. The van der Waals surface area contributed by atoms with Gasteiger partial charge in [0, 0.05) is 11.6 Å². The van der Waals surface area contributed by atoms with E-state index in [2.05, 4.69) is 10.0 Å². The van der Waals surface area contributed by atoms with Gasteiger partial charge < -0.3 is 5.32 Å². The van der Waals surface area contributed by atoms with Crippen LogP contribution >= 0.6 is 0 Å². The van der Waals surface area contributed by atoms with Gasteiger partial charge in [0.1, 0.15) is 0 Å². The van der Waals surface area contributed by atoms with E-state index in [9.17, 15) is 23.3 Å². The summed E-state index contributed by atoms with van der Waals surface area (Å²) in [4.78, 5) is 23.1. The summed E-state index contributed by atoms with van der Waals surface area (Å²) in [6, 6.07) is 16.9. The van der Waals surface area contributed by atoms with E-state index in [4.69, 9.17) is 0 Å². The number of nitrogens with one attached hydrogen (secondary N) is 2. The molecular weight excluding hydrogens is 406 g/mol. The Morgan fingerprint density at radius 1 is 0.933 bits per heavy atom. The molecular formula is C21H19N3O5S. The minimum Gasteiger partial charge on any atom is -0.321 e. The zero-order valence-corrected chi connectivity index (χ0v) is 17.1. The Balaban J connectivity index is 1.87. The number of hydrogen-bond acceptors (Lipinski definition) is 5. The van der Waals surface area contributed by atoms with Crippen LogP contribution in [0.2, 0.25) is 0 Å². The number of anilines is 2. The topological polar surface area (TPSA) is 118 Å². The second-order valence-corrected chi connectivity index (χ2v) is 8.29. The summed E-state index contributed by atoms with van der Waals surface area (Å²) >= 11 is 0. The molecule has 1 amide bonds. The van der Waals surface area contributed by atoms with Crippen molar-refractivity contribution in [2.24, 2.45) is 0 Å². The molecule has 0 aliphatic carbocycles. The maximum absolute atomic E-state index is 12.7. The summed E-state index contributed by atoms with van der Waals surface area (Å²) in [5.41, 5.74) is 1.78. The van der Waals surface area contributed by atoms with Crippen molar-refractivity contribution in [3.63, 3.8) is 0 Å². The molecule has 0 aromatic heterocycles. The normalized spacial score (nSPS) is 11.0. The standard InChI is InChI=1S/C21H19N3O5S/c1-14-7-3-4-10-18(14)23-30(28,29)17-9-5-8-16(13-17)21(25)22-19-11-6-12-20(15(19)2)24(26)27/h3-13,23H,1-2H3,(H,22,25). The van der Waals surface area contributed by atoms with E-state index < -0.39 is 20.9 Å². The molecule has 30 heavy (non-hydrogen) atoms. The molecule has 0 saturated carbocycles. The van der Waals surface area contributed by atoms with Crippen LogP contribution in [0.15, 0.2) is 71.6 Å². The zero-order valence-electron chi connectivity index (χ0n) is 16.2. The Labute approximate surface area is 173 Å². The van der Waals surface area contributed by atoms with E-state index in [0.29, 0.717) is 11.3 Å². The summed E-state index contributed by atoms with van der Waals surface area (Å²) in [5, 5.41) is 13.7. The van der Waals surface area contributed by atoms with Crippen molar-refractivity contribution in [3.05, 3.63) is 93.5 Å². The molecule has 0 bridgehead atoms. The summed E-state index contributed by atoms with van der Waals surface area (Å²) in [7, 11) is -3.91. The number of nitrogens with zero attached hydrogens (tertiary/aromatic N) is 1. The van der Waals surface area contributed by atoms with E-state index in [-0.39, 0.29) is 21.8 Å². The van der Waals surface area contributed by atoms with Crippen LogP contribution in [0.4, 0.5) is 17.1 Å². The average Bonchev–Trinajstić information content (AvgIpc) is 2.71. The van der Waals surface area contributed by atoms with Crippen LogP contribution in [0, 0.1) is 24.0 Å². The molecule has 3 aromatic rings. The second kappa shape index (κ2) is 8.34. The van der Waals surface area contributed by atoms with Crippen molar-refractivity contribution in [2.45, 2.75) is 18.7 Å². The van der Waals surface area contributed by atoms with Gasteiger partial charge in [-0.25, -0.2) is 8.42 Å². The fourth-order valence-corrected chi connectivity index (χ4v) is 4.02. The molecule has 0 atom stereocenters. The number of aryl methyl sites for hydroxylation is 1. The summed E-state index contributed by atoms with van der Waals surface area (Å²) in [6.45, 7) is 3.31. The third-order valence-corrected chi connectivity index (χ3v) is 5.91. The zero-order chi connectivity index (χ0) is 21.9. The first kappa shape index (κ1) is 21.0. The monoisotopic (exact) mass is 425 g/mol. The van der Waals surface area contributed by atoms with Gasteiger partial charge in [-0.15, -0.1) is 0 Å². The number of nitro benzene ring substituents is 1. The minimum atomic E-state index is -3.91. The van der Waals surface area contributed by atoms with Crippen molar-refractivity contribution in [2.75, 3.05) is 10.0 Å². The predicted octanol–water partition coefficient (Wildman–Crippen LogP) is 4.26. The number of nitro groups is 1. The van der Waals surface area contributed by atoms with Gasteiger partial charge in [-0.3, -0.25) is 19.6 Å². The first-order valence-electron chi connectivity index (χ1n) is 8.93. The highest BCUT2D eigenvalue weighted by molar-refractivity contribution is 7.92. The maximum Gasteiger partial charge on any atom is 0.274 e. The summed E-state index contributed by atoms with van der Waals surface area (Å²) in [5.74, 6) is -0.577. The van der Waals surface area contributed by atoms with Gasteiger partial charge in [0.25, 0.3) is 21.6 Å². The van der Waals surface area contributed by atoms with Crippen LogP contribution in [0.25, 0.3) is 0 Å². The third kappa shape index (κ3) is 4.47. The second-order valence-electron chi connectivity index (χ2n) is 6.61. The molecule has 9 heteroatoms. The van der Waals surface area contributed by atoms with E-state index >= 15 is 0 Å². The number of rotatable bonds is 6. The quantitative estimate of drug-likeness (QED) is 0.452. The Bertz CT molecular complexity index is 1240. The lowest BCUT2D eigenvalue weighted by Gasteiger charge is -2.12. The molecule has 0 fully saturated rings. The largest absolute Gasteiger partial charge is 0.321 e. The molecule has 0 aliphatic rings. The Morgan fingerprint density at radius 3 is 2.30 bits per heavy atom. The van der Waals surface area contributed by atoms with Crippen LogP contribution in [0.5, 0.6) is 0 Å². The molecule has 0 saturated heterocycles. The summed E-state index contributed by atoms with van der Waals surface area (Å²) in [6.07, 6.45) is 0. The molecule has 0 unspecified atom stereocenters. The van der Waals surface area contributed by atoms with Gasteiger partial charge in [0.2, 0.25) is 0 Å². The average molecular weight is 425 g/mol. The Morgan fingerprint density at radius 2 is 1.60 bits per heavy atom. The van der Waals surface area contributed by atoms with Crippen molar-refractivity contribution in [3.8, 4) is 0 Å². The first-order valence-corrected chi connectivity index (χ1v) is 10.4. The SMILES string of the molecule is Cc1ccccc1NS(=O)(=O)c1cccc(C(=O)Nc2cccc([N+](=O)[O-])c2C)c1. The lowest BCUT2D eigenvalue weighted by Crippen LogP contribution is -2.16. The highest BCUT2D eigenvalue weighted by Gasteiger charge is 2.19. The number of amides is 1.